The molecule has 0 saturated heterocycles. The minimum absolute atomic E-state index is 0.958. The summed E-state index contributed by atoms with van der Waals surface area (Å²) in [5.41, 5.74) is 1.06. The number of nitrogens with zero attached hydrogens (tertiary/aromatic N) is 3. The van der Waals surface area contributed by atoms with Crippen LogP contribution in [0.3, 0.4) is 0 Å². The predicted octanol–water partition coefficient (Wildman–Crippen LogP) is 2.49. The predicted molar refractivity (Wildman–Crippen MR) is 60.1 cm³/mol. The van der Waals surface area contributed by atoms with Crippen molar-refractivity contribution < 1.29 is 0 Å². The molecule has 1 aliphatic heterocycles. The number of rotatable bonds is 1. The summed E-state index contributed by atoms with van der Waals surface area (Å²) in [6.45, 7) is 0.958. The Morgan fingerprint density at radius 2 is 2.21 bits per heavy atom. The molecule has 0 aliphatic carbocycles. The average molecular weight is 203 g/mol. The van der Waals surface area contributed by atoms with Crippen LogP contribution in [0, 0.1) is 0 Å². The molecule has 0 unspecified atom stereocenters. The topological polar surface area (TPSA) is 28.5 Å². The van der Waals surface area contributed by atoms with E-state index in [1.165, 1.54) is 4.70 Å². The summed E-state index contributed by atoms with van der Waals surface area (Å²) in [4.78, 5) is 4.53. The minimum Gasteiger partial charge on any atom is -0.239 e. The van der Waals surface area contributed by atoms with Gasteiger partial charge in [0.25, 0.3) is 0 Å². The molecule has 0 amide bonds. The number of hydrazone groups is 1. The van der Waals surface area contributed by atoms with E-state index in [1.54, 1.807) is 11.3 Å². The normalized spacial score (nSPS) is 15.6. The first-order valence-electron chi connectivity index (χ1n) is 4.59. The summed E-state index contributed by atoms with van der Waals surface area (Å²) >= 11 is 1.70. The monoisotopic (exact) mass is 203 g/mol. The lowest BCUT2D eigenvalue weighted by Crippen LogP contribution is -2.10. The highest BCUT2D eigenvalue weighted by molar-refractivity contribution is 7.22. The van der Waals surface area contributed by atoms with Crippen LogP contribution in [-0.4, -0.2) is 17.7 Å². The van der Waals surface area contributed by atoms with Crippen LogP contribution < -0.4 is 5.01 Å². The third-order valence-electron chi connectivity index (χ3n) is 2.19. The Bertz CT molecular complexity index is 456. The first-order chi connectivity index (χ1) is 6.93. The van der Waals surface area contributed by atoms with E-state index < -0.39 is 0 Å². The van der Waals surface area contributed by atoms with Gasteiger partial charge in [-0.3, -0.25) is 0 Å². The van der Waals surface area contributed by atoms with Crippen molar-refractivity contribution >= 4 is 32.9 Å². The van der Waals surface area contributed by atoms with Gasteiger partial charge in [-0.2, -0.15) is 5.10 Å². The summed E-state index contributed by atoms with van der Waals surface area (Å²) in [7, 11) is 0. The molecule has 2 heterocycles. The number of thiazole rings is 1. The van der Waals surface area contributed by atoms with Crippen LogP contribution in [0.15, 0.2) is 29.4 Å². The zero-order valence-corrected chi connectivity index (χ0v) is 8.37. The highest BCUT2D eigenvalue weighted by Gasteiger charge is 2.12. The lowest BCUT2D eigenvalue weighted by molar-refractivity contribution is 0.916. The fraction of sp³-hybridized carbons (Fsp3) is 0.200. The van der Waals surface area contributed by atoms with Crippen molar-refractivity contribution in [2.24, 2.45) is 5.10 Å². The molecule has 70 valence electrons. The number of para-hydroxylation sites is 1. The van der Waals surface area contributed by atoms with Crippen LogP contribution in [-0.2, 0) is 0 Å². The van der Waals surface area contributed by atoms with Gasteiger partial charge in [0.1, 0.15) is 0 Å². The Labute approximate surface area is 85.7 Å². The largest absolute Gasteiger partial charge is 0.239 e. The highest BCUT2D eigenvalue weighted by Crippen LogP contribution is 2.29. The molecule has 4 heteroatoms. The number of benzene rings is 1. The van der Waals surface area contributed by atoms with Gasteiger partial charge in [-0.1, -0.05) is 23.5 Å². The molecular weight excluding hydrogens is 194 g/mol. The maximum atomic E-state index is 4.53. The molecule has 1 aliphatic rings. The number of anilines is 1. The van der Waals surface area contributed by atoms with Crippen molar-refractivity contribution in [1.82, 2.24) is 4.98 Å². The van der Waals surface area contributed by atoms with Gasteiger partial charge in [0.05, 0.1) is 10.2 Å². The molecule has 0 spiro atoms. The van der Waals surface area contributed by atoms with Gasteiger partial charge in [-0.15, -0.1) is 0 Å². The molecule has 1 aromatic heterocycles. The van der Waals surface area contributed by atoms with Crippen LogP contribution in [0.25, 0.3) is 10.2 Å². The third-order valence-corrected chi connectivity index (χ3v) is 3.24. The molecule has 0 radical (unpaired) electrons. The quantitative estimate of drug-likeness (QED) is 0.712. The van der Waals surface area contributed by atoms with E-state index in [-0.39, 0.29) is 0 Å². The van der Waals surface area contributed by atoms with Gasteiger partial charge in [-0.25, -0.2) is 9.99 Å². The minimum atomic E-state index is 0.958. The van der Waals surface area contributed by atoms with E-state index in [9.17, 15) is 0 Å². The Morgan fingerprint density at radius 1 is 1.29 bits per heavy atom. The van der Waals surface area contributed by atoms with E-state index in [2.05, 4.69) is 16.2 Å². The van der Waals surface area contributed by atoms with Gasteiger partial charge in [-0.05, 0) is 12.1 Å². The maximum Gasteiger partial charge on any atom is 0.207 e. The van der Waals surface area contributed by atoms with E-state index in [4.69, 9.17) is 0 Å². The Hall–Kier alpha value is -1.42. The molecule has 0 saturated carbocycles. The molecule has 3 rings (SSSR count). The second kappa shape index (κ2) is 3.06. The summed E-state index contributed by atoms with van der Waals surface area (Å²) in [6.07, 6.45) is 2.96. The Balaban J connectivity index is 2.09. The third kappa shape index (κ3) is 1.19. The fourth-order valence-electron chi connectivity index (χ4n) is 1.51. The SMILES string of the molecule is C1=NN(c2nc3ccccc3s2)CC1. The number of aromatic nitrogens is 1. The summed E-state index contributed by atoms with van der Waals surface area (Å²) in [5.74, 6) is 0. The molecule has 0 atom stereocenters. The molecule has 0 fully saturated rings. The first kappa shape index (κ1) is 7.94. The zero-order chi connectivity index (χ0) is 9.38. The van der Waals surface area contributed by atoms with Crippen LogP contribution in [0.4, 0.5) is 5.13 Å². The van der Waals surface area contributed by atoms with E-state index in [0.29, 0.717) is 0 Å². The summed E-state index contributed by atoms with van der Waals surface area (Å²) < 4.78 is 1.23. The number of fused-ring (bicyclic) bond motifs is 1. The van der Waals surface area contributed by atoms with E-state index >= 15 is 0 Å². The standard InChI is InChI=1S/C10H9N3S/c1-2-5-9-8(4-1)12-10(14-9)13-7-3-6-11-13/h1-2,4-6H,3,7H2. The molecule has 3 nitrogen and oxygen atoms in total. The average Bonchev–Trinajstić information content (AvgIpc) is 2.86. The molecule has 0 bridgehead atoms. The molecule has 1 aromatic carbocycles. The lowest BCUT2D eigenvalue weighted by atomic mass is 10.3. The van der Waals surface area contributed by atoms with Crippen LogP contribution in [0.5, 0.6) is 0 Å². The first-order valence-corrected chi connectivity index (χ1v) is 5.41. The molecule has 14 heavy (non-hydrogen) atoms. The zero-order valence-electron chi connectivity index (χ0n) is 7.55. The lowest BCUT2D eigenvalue weighted by Gasteiger charge is -2.07. The van der Waals surface area contributed by atoms with Gasteiger partial charge in [0.15, 0.2) is 0 Å². The van der Waals surface area contributed by atoms with Gasteiger partial charge >= 0.3 is 0 Å². The van der Waals surface area contributed by atoms with Gasteiger partial charge in [0, 0.05) is 19.2 Å². The summed E-state index contributed by atoms with van der Waals surface area (Å²) in [5, 5.41) is 7.22. The smallest absolute Gasteiger partial charge is 0.207 e. The highest BCUT2D eigenvalue weighted by atomic mass is 32.1. The molecule has 0 N–H and O–H groups in total. The van der Waals surface area contributed by atoms with Crippen molar-refractivity contribution in [1.29, 1.82) is 0 Å². The van der Waals surface area contributed by atoms with Crippen molar-refractivity contribution in [2.45, 2.75) is 6.42 Å². The Kier molecular flexibility index (Phi) is 1.73. The van der Waals surface area contributed by atoms with Crippen molar-refractivity contribution in [3.63, 3.8) is 0 Å². The number of hydrogen-bond donors (Lipinski definition) is 0. The van der Waals surface area contributed by atoms with Crippen molar-refractivity contribution in [2.75, 3.05) is 11.6 Å². The number of hydrogen-bond acceptors (Lipinski definition) is 4. The van der Waals surface area contributed by atoms with E-state index in [0.717, 1.165) is 23.6 Å². The van der Waals surface area contributed by atoms with Gasteiger partial charge < -0.3 is 0 Å². The van der Waals surface area contributed by atoms with Crippen molar-refractivity contribution in [3.8, 4) is 0 Å². The van der Waals surface area contributed by atoms with Crippen LogP contribution in [0.2, 0.25) is 0 Å². The molecular formula is C10H9N3S. The second-order valence-electron chi connectivity index (χ2n) is 3.17. The molecule has 2 aromatic rings. The van der Waals surface area contributed by atoms with Crippen LogP contribution >= 0.6 is 11.3 Å². The fourth-order valence-corrected chi connectivity index (χ4v) is 2.46. The second-order valence-corrected chi connectivity index (χ2v) is 4.18. The van der Waals surface area contributed by atoms with Gasteiger partial charge in [0.2, 0.25) is 5.13 Å². The van der Waals surface area contributed by atoms with E-state index in [1.807, 2.05) is 29.4 Å². The Morgan fingerprint density at radius 3 is 3.00 bits per heavy atom. The maximum absolute atomic E-state index is 4.53. The van der Waals surface area contributed by atoms with Crippen molar-refractivity contribution in [3.05, 3.63) is 24.3 Å². The summed E-state index contributed by atoms with van der Waals surface area (Å²) in [6, 6.07) is 8.18. The van der Waals surface area contributed by atoms with Crippen LogP contribution in [0.1, 0.15) is 6.42 Å².